The molecule has 116 valence electrons. The van der Waals surface area contributed by atoms with E-state index in [1.807, 2.05) is 6.92 Å². The van der Waals surface area contributed by atoms with Crippen molar-refractivity contribution in [1.29, 1.82) is 0 Å². The number of fused-ring (bicyclic) bond motifs is 1. The molecule has 0 saturated heterocycles. The van der Waals surface area contributed by atoms with Crippen LogP contribution in [-0.4, -0.2) is 21.1 Å². The molecule has 0 aliphatic carbocycles. The summed E-state index contributed by atoms with van der Waals surface area (Å²) in [5.74, 6) is 0.932. The number of halogens is 3. The van der Waals surface area contributed by atoms with Crippen molar-refractivity contribution in [3.63, 3.8) is 0 Å². The van der Waals surface area contributed by atoms with E-state index in [1.54, 1.807) is 30.8 Å². The second kappa shape index (κ2) is 6.17. The number of aromatic nitrogens is 2. The van der Waals surface area contributed by atoms with Gasteiger partial charge in [0.25, 0.3) is 0 Å². The monoisotopic (exact) mass is 317 g/mol. The molecule has 2 rings (SSSR count). The van der Waals surface area contributed by atoms with Crippen molar-refractivity contribution in [1.82, 2.24) is 9.55 Å². The van der Waals surface area contributed by atoms with E-state index in [1.165, 1.54) is 10.6 Å². The van der Waals surface area contributed by atoms with Crippen LogP contribution in [0.1, 0.15) is 32.1 Å². The Morgan fingerprint density at radius 1 is 1.38 bits per heavy atom. The van der Waals surface area contributed by atoms with Gasteiger partial charge in [-0.15, -0.1) is 0 Å². The lowest BCUT2D eigenvalue weighted by Crippen LogP contribution is -2.18. The first-order valence-electron chi connectivity index (χ1n) is 6.77. The highest BCUT2D eigenvalue weighted by Crippen LogP contribution is 2.35. The third kappa shape index (κ3) is 3.45. The third-order valence-corrected chi connectivity index (χ3v) is 4.22. The highest BCUT2D eigenvalue weighted by atomic mass is 32.2. The lowest BCUT2D eigenvalue weighted by atomic mass is 10.2. The molecule has 2 N–H and O–H groups in total. The second-order valence-electron chi connectivity index (χ2n) is 4.89. The molecule has 0 fully saturated rings. The Bertz CT molecular complexity index is 622. The normalized spacial score (nSPS) is 13.8. The fourth-order valence-corrected chi connectivity index (χ4v) is 3.09. The zero-order valence-electron chi connectivity index (χ0n) is 11.9. The van der Waals surface area contributed by atoms with Crippen LogP contribution in [0.3, 0.4) is 0 Å². The number of anilines is 1. The fraction of sp³-hybridized carbons (Fsp3) is 0.500. The average molecular weight is 317 g/mol. The number of nitrogens with two attached hydrogens (primary N) is 1. The van der Waals surface area contributed by atoms with Gasteiger partial charge in [-0.25, -0.2) is 4.98 Å². The minimum atomic E-state index is -4.47. The Hall–Kier alpha value is -1.37. The lowest BCUT2D eigenvalue weighted by molar-refractivity contribution is -0.147. The molecular formula is C14H18F3N3S. The number of benzene rings is 1. The molecule has 7 heteroatoms. The van der Waals surface area contributed by atoms with Crippen LogP contribution in [0.5, 0.6) is 0 Å². The van der Waals surface area contributed by atoms with Crippen LogP contribution in [-0.2, 0) is 6.18 Å². The van der Waals surface area contributed by atoms with E-state index in [4.69, 9.17) is 5.73 Å². The maximum atomic E-state index is 13.2. The number of thioether (sulfide) groups is 1. The van der Waals surface area contributed by atoms with Crippen molar-refractivity contribution in [3.8, 4) is 0 Å². The van der Waals surface area contributed by atoms with Crippen LogP contribution >= 0.6 is 11.8 Å². The van der Waals surface area contributed by atoms with Crippen molar-refractivity contribution in [3.05, 3.63) is 24.0 Å². The minimum absolute atomic E-state index is 0.269. The van der Waals surface area contributed by atoms with Gasteiger partial charge in [-0.1, -0.05) is 6.92 Å². The Labute approximate surface area is 125 Å². The molecule has 1 heterocycles. The molecule has 0 bridgehead atoms. The van der Waals surface area contributed by atoms with Crippen LogP contribution in [0.25, 0.3) is 11.0 Å². The van der Waals surface area contributed by atoms with Crippen molar-refractivity contribution >= 4 is 28.5 Å². The molecular weight excluding hydrogens is 299 g/mol. The van der Waals surface area contributed by atoms with Gasteiger partial charge in [-0.2, -0.15) is 24.9 Å². The number of hydrogen-bond acceptors (Lipinski definition) is 3. The average Bonchev–Trinajstić information content (AvgIpc) is 2.77. The summed E-state index contributed by atoms with van der Waals surface area (Å²) < 4.78 is 40.9. The standard InChI is InChI=1S/C14H18F3N3S/c1-3-21-7-6-9(2)20-12-5-4-10(18)8-11(12)19-13(20)14(15,16)17/h4-5,8-9H,3,6-7,18H2,1-2H3. The number of alkyl halides is 3. The first-order valence-corrected chi connectivity index (χ1v) is 7.92. The predicted molar refractivity (Wildman–Crippen MR) is 81.5 cm³/mol. The zero-order valence-corrected chi connectivity index (χ0v) is 12.8. The summed E-state index contributed by atoms with van der Waals surface area (Å²) in [6, 6.07) is 4.42. The van der Waals surface area contributed by atoms with Crippen molar-refractivity contribution < 1.29 is 13.2 Å². The smallest absolute Gasteiger partial charge is 0.399 e. The Balaban J connectivity index is 2.47. The third-order valence-electron chi connectivity index (χ3n) is 3.29. The van der Waals surface area contributed by atoms with Gasteiger partial charge < -0.3 is 10.3 Å². The lowest BCUT2D eigenvalue weighted by Gasteiger charge is -2.18. The van der Waals surface area contributed by atoms with E-state index in [2.05, 4.69) is 4.98 Å². The number of hydrogen-bond donors (Lipinski definition) is 1. The Kier molecular flexibility index (Phi) is 4.70. The summed E-state index contributed by atoms with van der Waals surface area (Å²) in [7, 11) is 0. The van der Waals surface area contributed by atoms with Crippen molar-refractivity contribution in [2.45, 2.75) is 32.5 Å². The van der Waals surface area contributed by atoms with E-state index in [0.29, 0.717) is 17.6 Å². The first-order chi connectivity index (χ1) is 9.84. The number of imidazole rings is 1. The van der Waals surface area contributed by atoms with E-state index in [-0.39, 0.29) is 11.6 Å². The van der Waals surface area contributed by atoms with E-state index in [9.17, 15) is 13.2 Å². The Morgan fingerprint density at radius 3 is 2.71 bits per heavy atom. The summed E-state index contributed by atoms with van der Waals surface area (Å²) in [5.41, 5.74) is 6.81. The van der Waals surface area contributed by atoms with Gasteiger partial charge in [0.2, 0.25) is 5.82 Å². The number of rotatable bonds is 5. The quantitative estimate of drug-likeness (QED) is 0.659. The molecule has 1 unspecified atom stereocenters. The highest BCUT2D eigenvalue weighted by molar-refractivity contribution is 7.99. The van der Waals surface area contributed by atoms with Crippen LogP contribution in [0.2, 0.25) is 0 Å². The van der Waals surface area contributed by atoms with Crippen molar-refractivity contribution in [2.24, 2.45) is 0 Å². The number of nitrogen functional groups attached to an aromatic ring is 1. The van der Waals surface area contributed by atoms with Crippen LogP contribution in [0.15, 0.2) is 18.2 Å². The molecule has 1 aromatic carbocycles. The van der Waals surface area contributed by atoms with Gasteiger partial charge >= 0.3 is 6.18 Å². The Morgan fingerprint density at radius 2 is 2.10 bits per heavy atom. The highest BCUT2D eigenvalue weighted by Gasteiger charge is 2.38. The van der Waals surface area contributed by atoms with Crippen LogP contribution in [0, 0.1) is 0 Å². The molecule has 0 saturated carbocycles. The summed E-state index contributed by atoms with van der Waals surface area (Å²) in [6.07, 6.45) is -3.81. The predicted octanol–water partition coefficient (Wildman–Crippen LogP) is 4.34. The molecule has 21 heavy (non-hydrogen) atoms. The minimum Gasteiger partial charge on any atom is -0.399 e. The van der Waals surface area contributed by atoms with Gasteiger partial charge in [0.05, 0.1) is 11.0 Å². The maximum absolute atomic E-state index is 13.2. The number of nitrogens with zero attached hydrogens (tertiary/aromatic N) is 2. The van der Waals surface area contributed by atoms with Gasteiger partial charge in [0.15, 0.2) is 0 Å². The zero-order chi connectivity index (χ0) is 15.6. The molecule has 0 amide bonds. The summed E-state index contributed by atoms with van der Waals surface area (Å²) >= 11 is 1.72. The topological polar surface area (TPSA) is 43.8 Å². The molecule has 1 aromatic heterocycles. The molecule has 0 aliphatic heterocycles. The first kappa shape index (κ1) is 16.0. The summed E-state index contributed by atoms with van der Waals surface area (Å²) in [5, 5.41) is 0. The van der Waals surface area contributed by atoms with Crippen molar-refractivity contribution in [2.75, 3.05) is 17.2 Å². The van der Waals surface area contributed by atoms with E-state index < -0.39 is 12.0 Å². The van der Waals surface area contributed by atoms with Gasteiger partial charge in [-0.05, 0) is 43.0 Å². The van der Waals surface area contributed by atoms with Gasteiger partial charge in [0.1, 0.15) is 0 Å². The van der Waals surface area contributed by atoms with Gasteiger partial charge in [-0.3, -0.25) is 0 Å². The second-order valence-corrected chi connectivity index (χ2v) is 6.28. The molecule has 0 spiro atoms. The maximum Gasteiger partial charge on any atom is 0.449 e. The molecule has 2 aromatic rings. The van der Waals surface area contributed by atoms with E-state index in [0.717, 1.165) is 11.5 Å². The molecule has 0 radical (unpaired) electrons. The largest absolute Gasteiger partial charge is 0.449 e. The van der Waals surface area contributed by atoms with Crippen LogP contribution < -0.4 is 5.73 Å². The molecule has 0 aliphatic rings. The molecule has 3 nitrogen and oxygen atoms in total. The van der Waals surface area contributed by atoms with Crippen LogP contribution in [0.4, 0.5) is 18.9 Å². The van der Waals surface area contributed by atoms with Gasteiger partial charge in [0, 0.05) is 11.7 Å². The van der Waals surface area contributed by atoms with E-state index >= 15 is 0 Å². The summed E-state index contributed by atoms with van der Waals surface area (Å²) in [4.78, 5) is 3.75. The summed E-state index contributed by atoms with van der Waals surface area (Å²) in [6.45, 7) is 3.83. The fourth-order valence-electron chi connectivity index (χ4n) is 2.29. The molecule has 1 atom stereocenters. The SMILES string of the molecule is CCSCCC(C)n1c(C(F)(F)F)nc2cc(N)ccc21.